The van der Waals surface area contributed by atoms with Crippen LogP contribution in [0.15, 0.2) is 55.6 Å². The number of fused-ring (bicyclic) bond motifs is 2. The molecule has 2 nitrogen and oxygen atoms in total. The van der Waals surface area contributed by atoms with Gasteiger partial charge in [0.15, 0.2) is 0 Å². The van der Waals surface area contributed by atoms with Gasteiger partial charge in [-0.3, -0.25) is 0 Å². The zero-order chi connectivity index (χ0) is 17.8. The van der Waals surface area contributed by atoms with Crippen LogP contribution in [0.1, 0.15) is 36.1 Å². The molecule has 1 spiro atoms. The summed E-state index contributed by atoms with van der Waals surface area (Å²) in [5.74, 6) is 0.885. The van der Waals surface area contributed by atoms with E-state index in [9.17, 15) is 0 Å². The molecule has 2 aromatic carbocycles. The van der Waals surface area contributed by atoms with E-state index >= 15 is 0 Å². The summed E-state index contributed by atoms with van der Waals surface area (Å²) in [6.07, 6.45) is 8.10. The lowest BCUT2D eigenvalue weighted by molar-refractivity contribution is 0.0581. The van der Waals surface area contributed by atoms with Gasteiger partial charge in [0.1, 0.15) is 5.75 Å². The van der Waals surface area contributed by atoms with E-state index in [4.69, 9.17) is 4.74 Å². The van der Waals surface area contributed by atoms with Gasteiger partial charge in [0.2, 0.25) is 5.72 Å². The summed E-state index contributed by atoms with van der Waals surface area (Å²) in [5, 5.41) is 0. The molecule has 4 rings (SSSR count). The van der Waals surface area contributed by atoms with E-state index in [0.29, 0.717) is 0 Å². The van der Waals surface area contributed by atoms with Gasteiger partial charge in [-0.1, -0.05) is 49.6 Å². The Labute approximate surface area is 149 Å². The van der Waals surface area contributed by atoms with Crippen LogP contribution in [0, 0.1) is 0 Å². The maximum Gasteiger partial charge on any atom is 0.211 e. The monoisotopic (exact) mass is 329 g/mol. The highest BCUT2D eigenvalue weighted by Crippen LogP contribution is 2.54. The Bertz CT molecular complexity index is 922. The van der Waals surface area contributed by atoms with Crippen LogP contribution in [0.5, 0.6) is 5.75 Å². The molecule has 0 aliphatic carbocycles. The van der Waals surface area contributed by atoms with Gasteiger partial charge in [0, 0.05) is 18.3 Å². The van der Waals surface area contributed by atoms with Crippen molar-refractivity contribution in [3.63, 3.8) is 0 Å². The van der Waals surface area contributed by atoms with Crippen molar-refractivity contribution in [3.05, 3.63) is 77.9 Å². The minimum absolute atomic E-state index is 0.183. The van der Waals surface area contributed by atoms with Gasteiger partial charge in [0.05, 0.1) is 5.41 Å². The molecule has 1 atom stereocenters. The smallest absolute Gasteiger partial charge is 0.211 e. The van der Waals surface area contributed by atoms with Gasteiger partial charge < -0.3 is 9.64 Å². The first-order valence-corrected chi connectivity index (χ1v) is 8.60. The summed E-state index contributed by atoms with van der Waals surface area (Å²) in [6.45, 7) is 12.4. The molecule has 25 heavy (non-hydrogen) atoms. The quantitative estimate of drug-likeness (QED) is 0.721. The van der Waals surface area contributed by atoms with E-state index in [1.807, 2.05) is 24.3 Å². The average Bonchev–Trinajstić information content (AvgIpc) is 2.79. The molecule has 0 N–H and O–H groups in total. The number of rotatable bonds is 2. The summed E-state index contributed by atoms with van der Waals surface area (Å²) in [7, 11) is 2.11. The molecule has 0 radical (unpaired) electrons. The molecule has 0 bridgehead atoms. The fourth-order valence-electron chi connectivity index (χ4n) is 4.30. The predicted octanol–water partition coefficient (Wildman–Crippen LogP) is 5.50. The van der Waals surface area contributed by atoms with Crippen molar-refractivity contribution in [1.29, 1.82) is 0 Å². The minimum atomic E-state index is -0.544. The number of anilines is 1. The third kappa shape index (κ3) is 1.85. The zero-order valence-electron chi connectivity index (χ0n) is 15.0. The molecule has 0 amide bonds. The van der Waals surface area contributed by atoms with Gasteiger partial charge in [-0.05, 0) is 54.8 Å². The Morgan fingerprint density at radius 1 is 1.04 bits per heavy atom. The number of likely N-dealkylation sites (N-methyl/N-ethyl adjacent to an activating group) is 1. The lowest BCUT2D eigenvalue weighted by atomic mass is 9.76. The molecular formula is C23H23NO. The van der Waals surface area contributed by atoms with Crippen molar-refractivity contribution in [3.8, 4) is 5.75 Å². The second kappa shape index (κ2) is 5.13. The molecule has 2 aromatic rings. The SMILES string of the molecule is C=Cc1ccc2c(c1C=C)C=CC1(O2)N(C)c2ccccc2C1(C)C. The van der Waals surface area contributed by atoms with Gasteiger partial charge in [-0.15, -0.1) is 0 Å². The van der Waals surface area contributed by atoms with Crippen LogP contribution in [0.2, 0.25) is 0 Å². The Hall–Kier alpha value is -2.74. The van der Waals surface area contributed by atoms with E-state index < -0.39 is 5.72 Å². The summed E-state index contributed by atoms with van der Waals surface area (Å²) in [6, 6.07) is 12.6. The van der Waals surface area contributed by atoms with Crippen molar-refractivity contribution in [2.75, 3.05) is 11.9 Å². The number of hydrogen-bond acceptors (Lipinski definition) is 2. The number of hydrogen-bond donors (Lipinski definition) is 0. The average molecular weight is 329 g/mol. The van der Waals surface area contributed by atoms with Gasteiger partial charge >= 0.3 is 0 Å². The van der Waals surface area contributed by atoms with E-state index in [-0.39, 0.29) is 5.41 Å². The molecule has 2 heterocycles. The summed E-state index contributed by atoms with van der Waals surface area (Å²) in [5.41, 5.74) is 4.99. The fourth-order valence-corrected chi connectivity index (χ4v) is 4.30. The van der Waals surface area contributed by atoms with Crippen molar-refractivity contribution in [2.24, 2.45) is 0 Å². The first kappa shape index (κ1) is 15.8. The van der Waals surface area contributed by atoms with Gasteiger partial charge in [-0.25, -0.2) is 0 Å². The zero-order valence-corrected chi connectivity index (χ0v) is 15.0. The van der Waals surface area contributed by atoms with E-state index in [1.165, 1.54) is 11.3 Å². The first-order valence-electron chi connectivity index (χ1n) is 8.60. The largest absolute Gasteiger partial charge is 0.463 e. The fraction of sp³-hybridized carbons (Fsp3) is 0.217. The molecule has 0 saturated heterocycles. The Balaban J connectivity index is 1.90. The molecule has 2 heteroatoms. The highest BCUT2D eigenvalue weighted by atomic mass is 16.5. The highest BCUT2D eigenvalue weighted by molar-refractivity contribution is 5.80. The topological polar surface area (TPSA) is 12.5 Å². The molecule has 0 fully saturated rings. The molecule has 2 aliphatic rings. The third-order valence-electron chi connectivity index (χ3n) is 5.78. The van der Waals surface area contributed by atoms with E-state index in [1.54, 1.807) is 0 Å². The Kier molecular flexibility index (Phi) is 3.23. The predicted molar refractivity (Wildman–Crippen MR) is 107 cm³/mol. The first-order chi connectivity index (χ1) is 12.0. The minimum Gasteiger partial charge on any atom is -0.463 e. The summed E-state index contributed by atoms with van der Waals surface area (Å²) in [4.78, 5) is 2.25. The number of benzene rings is 2. The van der Waals surface area contributed by atoms with Gasteiger partial charge in [-0.2, -0.15) is 0 Å². The summed E-state index contributed by atoms with van der Waals surface area (Å²) < 4.78 is 6.69. The number of para-hydroxylation sites is 1. The van der Waals surface area contributed by atoms with Crippen molar-refractivity contribution in [1.82, 2.24) is 0 Å². The molecular weight excluding hydrogens is 306 g/mol. The van der Waals surface area contributed by atoms with Crippen LogP contribution >= 0.6 is 0 Å². The lowest BCUT2D eigenvalue weighted by Crippen LogP contribution is -2.58. The summed E-state index contributed by atoms with van der Waals surface area (Å²) >= 11 is 0. The Morgan fingerprint density at radius 2 is 1.80 bits per heavy atom. The molecule has 0 saturated carbocycles. The van der Waals surface area contributed by atoms with Crippen molar-refractivity contribution in [2.45, 2.75) is 25.0 Å². The van der Waals surface area contributed by atoms with Crippen LogP contribution in [0.4, 0.5) is 5.69 Å². The second-order valence-corrected chi connectivity index (χ2v) is 7.22. The normalized spacial score (nSPS) is 22.3. The van der Waals surface area contributed by atoms with E-state index in [2.05, 4.69) is 75.4 Å². The number of nitrogens with zero attached hydrogens (tertiary/aromatic N) is 1. The van der Waals surface area contributed by atoms with Crippen LogP contribution < -0.4 is 9.64 Å². The van der Waals surface area contributed by atoms with Crippen LogP contribution in [0.25, 0.3) is 18.2 Å². The van der Waals surface area contributed by atoms with Crippen LogP contribution in [-0.4, -0.2) is 12.8 Å². The highest BCUT2D eigenvalue weighted by Gasteiger charge is 2.57. The third-order valence-corrected chi connectivity index (χ3v) is 5.78. The lowest BCUT2D eigenvalue weighted by Gasteiger charge is -2.46. The van der Waals surface area contributed by atoms with Crippen LogP contribution in [-0.2, 0) is 5.41 Å². The molecule has 126 valence electrons. The van der Waals surface area contributed by atoms with Crippen molar-refractivity contribution >= 4 is 23.9 Å². The van der Waals surface area contributed by atoms with Gasteiger partial charge in [0.25, 0.3) is 0 Å². The van der Waals surface area contributed by atoms with E-state index in [0.717, 1.165) is 22.4 Å². The standard InChI is InChI=1S/C23H23NO/c1-6-16-12-13-21-18(17(16)7-2)14-15-23(25-21)22(3,4)19-10-8-9-11-20(19)24(23)5/h6-15H,1-2H2,3-5H3. The molecule has 1 unspecified atom stereocenters. The molecule has 0 aromatic heterocycles. The second-order valence-electron chi connectivity index (χ2n) is 7.22. The number of ether oxygens (including phenoxy) is 1. The van der Waals surface area contributed by atoms with Crippen LogP contribution in [0.3, 0.4) is 0 Å². The maximum atomic E-state index is 6.69. The van der Waals surface area contributed by atoms with Crippen molar-refractivity contribution < 1.29 is 4.74 Å². The molecule has 2 aliphatic heterocycles. The Morgan fingerprint density at radius 3 is 2.48 bits per heavy atom. The maximum absolute atomic E-state index is 6.69.